The molecule has 4 aliphatic heterocycles. The second-order valence-corrected chi connectivity index (χ2v) is 8.75. The normalized spacial score (nSPS) is 28.9. The Morgan fingerprint density at radius 3 is 2.63 bits per heavy atom. The summed E-state index contributed by atoms with van der Waals surface area (Å²) in [6, 6.07) is 8.25. The number of ether oxygens (including phenoxy) is 2. The summed E-state index contributed by atoms with van der Waals surface area (Å²) < 4.78 is 11.0. The van der Waals surface area contributed by atoms with Gasteiger partial charge in [-0.15, -0.1) is 0 Å². The zero-order chi connectivity index (χ0) is 20.6. The fourth-order valence-corrected chi connectivity index (χ4v) is 5.32. The number of fused-ring (bicyclic) bond motifs is 2. The monoisotopic (exact) mass is 414 g/mol. The first-order valence-corrected chi connectivity index (χ1v) is 11.0. The lowest BCUT2D eigenvalue weighted by molar-refractivity contribution is -0.128. The molecule has 1 aromatic carbocycles. The Balaban J connectivity index is 1.29. The first-order valence-electron chi connectivity index (χ1n) is 11.0. The minimum atomic E-state index is -0.356. The maximum absolute atomic E-state index is 13.4. The molecule has 0 aromatic heterocycles. The van der Waals surface area contributed by atoms with Gasteiger partial charge in [-0.05, 0) is 24.5 Å². The van der Waals surface area contributed by atoms with Crippen LogP contribution in [-0.2, 0) is 24.5 Å². The van der Waals surface area contributed by atoms with Crippen molar-refractivity contribution < 1.29 is 19.1 Å². The number of nitrogens with one attached hydrogen (secondary N) is 2. The van der Waals surface area contributed by atoms with Gasteiger partial charge < -0.3 is 19.7 Å². The summed E-state index contributed by atoms with van der Waals surface area (Å²) in [5, 5.41) is 6.43. The number of benzene rings is 1. The van der Waals surface area contributed by atoms with Crippen molar-refractivity contribution in [3.05, 3.63) is 29.8 Å². The predicted octanol–water partition coefficient (Wildman–Crippen LogP) is 0.565. The third-order valence-corrected chi connectivity index (χ3v) is 6.95. The van der Waals surface area contributed by atoms with E-state index in [1.54, 1.807) is 0 Å². The van der Waals surface area contributed by atoms with Crippen LogP contribution < -0.4 is 15.5 Å². The van der Waals surface area contributed by atoms with E-state index in [0.29, 0.717) is 26.2 Å². The highest BCUT2D eigenvalue weighted by Gasteiger charge is 2.45. The number of rotatable bonds is 3. The predicted molar refractivity (Wildman–Crippen MR) is 111 cm³/mol. The number of hydrogen-bond acceptors (Lipinski definition) is 6. The van der Waals surface area contributed by atoms with Crippen molar-refractivity contribution in [2.75, 3.05) is 51.0 Å². The van der Waals surface area contributed by atoms with E-state index in [1.807, 2.05) is 17.0 Å². The van der Waals surface area contributed by atoms with Crippen molar-refractivity contribution in [2.45, 2.75) is 43.4 Å². The van der Waals surface area contributed by atoms with E-state index in [2.05, 4.69) is 27.7 Å². The number of amides is 2. The van der Waals surface area contributed by atoms with Gasteiger partial charge in [0.2, 0.25) is 11.8 Å². The topological polar surface area (TPSA) is 83.1 Å². The SMILES string of the molecule is O=C1CC(N2CCOCC2)NC(CC(=O)N2CC3(CCOCC3)c3ccccc32)N1. The molecule has 0 radical (unpaired) electrons. The molecule has 4 heterocycles. The summed E-state index contributed by atoms with van der Waals surface area (Å²) in [4.78, 5) is 29.8. The highest BCUT2D eigenvalue weighted by atomic mass is 16.5. The lowest BCUT2D eigenvalue weighted by atomic mass is 9.76. The molecule has 0 aliphatic carbocycles. The number of carbonyl (C=O) groups excluding carboxylic acids is 2. The molecule has 1 spiro atoms. The highest BCUT2D eigenvalue weighted by molar-refractivity contribution is 5.97. The maximum atomic E-state index is 13.4. The van der Waals surface area contributed by atoms with Crippen LogP contribution in [0, 0.1) is 0 Å². The minimum Gasteiger partial charge on any atom is -0.381 e. The molecular weight excluding hydrogens is 384 g/mol. The molecule has 0 bridgehead atoms. The summed E-state index contributed by atoms with van der Waals surface area (Å²) in [6.07, 6.45) is 2.11. The van der Waals surface area contributed by atoms with Crippen LogP contribution in [0.4, 0.5) is 5.69 Å². The molecule has 1 aromatic rings. The number of anilines is 1. The molecule has 162 valence electrons. The quantitative estimate of drug-likeness (QED) is 0.752. The van der Waals surface area contributed by atoms with Gasteiger partial charge >= 0.3 is 0 Å². The number of hydrogen-bond donors (Lipinski definition) is 2. The zero-order valence-corrected chi connectivity index (χ0v) is 17.3. The van der Waals surface area contributed by atoms with Gasteiger partial charge in [0, 0.05) is 44.0 Å². The Morgan fingerprint density at radius 2 is 1.83 bits per heavy atom. The molecule has 5 rings (SSSR count). The van der Waals surface area contributed by atoms with Crippen LogP contribution in [0.3, 0.4) is 0 Å². The fraction of sp³-hybridized carbons (Fsp3) is 0.636. The summed E-state index contributed by atoms with van der Waals surface area (Å²) in [5.41, 5.74) is 2.26. The average molecular weight is 415 g/mol. The molecule has 8 heteroatoms. The van der Waals surface area contributed by atoms with Crippen LogP contribution in [0.15, 0.2) is 24.3 Å². The molecule has 30 heavy (non-hydrogen) atoms. The van der Waals surface area contributed by atoms with E-state index >= 15 is 0 Å². The summed E-state index contributed by atoms with van der Waals surface area (Å²) >= 11 is 0. The molecule has 2 N–H and O–H groups in total. The van der Waals surface area contributed by atoms with Crippen molar-refractivity contribution in [1.82, 2.24) is 15.5 Å². The fourth-order valence-electron chi connectivity index (χ4n) is 5.32. The molecule has 2 atom stereocenters. The Bertz CT molecular complexity index is 804. The van der Waals surface area contributed by atoms with Crippen molar-refractivity contribution >= 4 is 17.5 Å². The standard InChI is InChI=1S/C22H30N4O4/c27-20-14-19(25-7-11-30-12-8-25)23-18(24-20)13-21(28)26-15-22(5-9-29-10-6-22)16-3-1-2-4-17(16)26/h1-4,18-19,23H,5-15H2,(H,24,27). The van der Waals surface area contributed by atoms with E-state index < -0.39 is 0 Å². The Morgan fingerprint density at radius 1 is 1.10 bits per heavy atom. The van der Waals surface area contributed by atoms with Gasteiger partial charge in [0.25, 0.3) is 0 Å². The zero-order valence-electron chi connectivity index (χ0n) is 17.3. The summed E-state index contributed by atoms with van der Waals surface area (Å²) in [7, 11) is 0. The molecule has 0 saturated carbocycles. The van der Waals surface area contributed by atoms with Crippen LogP contribution >= 0.6 is 0 Å². The number of nitrogens with zero attached hydrogens (tertiary/aromatic N) is 2. The first-order chi connectivity index (χ1) is 14.6. The van der Waals surface area contributed by atoms with Gasteiger partial charge in [0.05, 0.1) is 38.4 Å². The van der Waals surface area contributed by atoms with Gasteiger partial charge in [-0.1, -0.05) is 18.2 Å². The molecule has 8 nitrogen and oxygen atoms in total. The third-order valence-electron chi connectivity index (χ3n) is 6.95. The van der Waals surface area contributed by atoms with Crippen molar-refractivity contribution in [3.63, 3.8) is 0 Å². The Labute approximate surface area is 176 Å². The van der Waals surface area contributed by atoms with Crippen LogP contribution in [-0.4, -0.2) is 75.1 Å². The number of carbonyl (C=O) groups is 2. The van der Waals surface area contributed by atoms with E-state index in [4.69, 9.17) is 9.47 Å². The van der Waals surface area contributed by atoms with E-state index in [1.165, 1.54) is 5.56 Å². The van der Waals surface area contributed by atoms with E-state index in [-0.39, 0.29) is 36.0 Å². The second-order valence-electron chi connectivity index (χ2n) is 8.75. The molecule has 3 fully saturated rings. The molecule has 2 unspecified atom stereocenters. The maximum Gasteiger partial charge on any atom is 0.230 e. The van der Waals surface area contributed by atoms with Crippen molar-refractivity contribution in [2.24, 2.45) is 0 Å². The second kappa shape index (κ2) is 8.26. The molecule has 3 saturated heterocycles. The molecular formula is C22H30N4O4. The number of morpholine rings is 1. The summed E-state index contributed by atoms with van der Waals surface area (Å²) in [5.74, 6) is 0.0389. The first kappa shape index (κ1) is 19.9. The van der Waals surface area contributed by atoms with Crippen LogP contribution in [0.5, 0.6) is 0 Å². The minimum absolute atomic E-state index is 0.00855. The van der Waals surface area contributed by atoms with E-state index in [0.717, 1.165) is 44.8 Å². The van der Waals surface area contributed by atoms with Gasteiger partial charge in [-0.3, -0.25) is 19.8 Å². The van der Waals surface area contributed by atoms with Gasteiger partial charge in [0.1, 0.15) is 0 Å². The average Bonchev–Trinajstić information content (AvgIpc) is 3.09. The van der Waals surface area contributed by atoms with Crippen LogP contribution in [0.2, 0.25) is 0 Å². The number of para-hydroxylation sites is 1. The molecule has 4 aliphatic rings. The van der Waals surface area contributed by atoms with Crippen molar-refractivity contribution in [3.8, 4) is 0 Å². The Kier molecular flexibility index (Phi) is 5.49. The largest absolute Gasteiger partial charge is 0.381 e. The molecule has 2 amide bonds. The lowest BCUT2D eigenvalue weighted by Crippen LogP contribution is -2.64. The lowest BCUT2D eigenvalue weighted by Gasteiger charge is -2.40. The van der Waals surface area contributed by atoms with Crippen LogP contribution in [0.25, 0.3) is 0 Å². The van der Waals surface area contributed by atoms with Gasteiger partial charge in [-0.2, -0.15) is 0 Å². The van der Waals surface area contributed by atoms with Crippen molar-refractivity contribution in [1.29, 1.82) is 0 Å². The highest BCUT2D eigenvalue weighted by Crippen LogP contribution is 2.46. The third kappa shape index (κ3) is 3.73. The van der Waals surface area contributed by atoms with Gasteiger partial charge in [0.15, 0.2) is 0 Å². The summed E-state index contributed by atoms with van der Waals surface area (Å²) in [6.45, 7) is 5.13. The Hall–Kier alpha value is -2.00. The smallest absolute Gasteiger partial charge is 0.230 e. The van der Waals surface area contributed by atoms with Crippen LogP contribution in [0.1, 0.15) is 31.2 Å². The van der Waals surface area contributed by atoms with Gasteiger partial charge in [-0.25, -0.2) is 0 Å². The van der Waals surface area contributed by atoms with E-state index in [9.17, 15) is 9.59 Å².